The van der Waals surface area contributed by atoms with Gasteiger partial charge in [-0.05, 0) is 24.9 Å². The summed E-state index contributed by atoms with van der Waals surface area (Å²) in [6.45, 7) is 12.1. The van der Waals surface area contributed by atoms with E-state index in [1.165, 1.54) is 49.9 Å². The molecule has 0 aromatic heterocycles. The maximum atomic E-state index is 3.74. The first-order valence-electron chi connectivity index (χ1n) is 7.21. The van der Waals surface area contributed by atoms with E-state index in [1.54, 1.807) is 0 Å². The van der Waals surface area contributed by atoms with Crippen LogP contribution in [-0.4, -0.2) is 59.6 Å². The average molecular weight is 289 g/mol. The fourth-order valence-electron chi connectivity index (χ4n) is 2.67. The maximum absolute atomic E-state index is 3.74. The molecule has 0 saturated carbocycles. The zero-order chi connectivity index (χ0) is 13.0. The standard InChI is InChI=1S/C14H28N2S2/c1-14(2,3)13-10-16(6-4-5-15-13)9-12-11-17-7-8-18-12/h12-13,15H,4-11H2,1-3H3. The summed E-state index contributed by atoms with van der Waals surface area (Å²) in [6.07, 6.45) is 1.30. The first-order valence-corrected chi connectivity index (χ1v) is 9.41. The van der Waals surface area contributed by atoms with E-state index in [1.807, 2.05) is 0 Å². The summed E-state index contributed by atoms with van der Waals surface area (Å²) in [5, 5.41) is 4.60. The van der Waals surface area contributed by atoms with E-state index >= 15 is 0 Å². The number of hydrogen-bond donors (Lipinski definition) is 1. The van der Waals surface area contributed by atoms with Crippen LogP contribution < -0.4 is 5.32 Å². The molecule has 4 heteroatoms. The van der Waals surface area contributed by atoms with E-state index in [4.69, 9.17) is 0 Å². The van der Waals surface area contributed by atoms with Crippen LogP contribution in [0.5, 0.6) is 0 Å². The van der Waals surface area contributed by atoms with Crippen LogP contribution in [0.3, 0.4) is 0 Å². The van der Waals surface area contributed by atoms with Crippen molar-refractivity contribution in [3.8, 4) is 0 Å². The molecule has 0 bridgehead atoms. The van der Waals surface area contributed by atoms with Gasteiger partial charge in [0.15, 0.2) is 0 Å². The van der Waals surface area contributed by atoms with Crippen LogP contribution in [0.15, 0.2) is 0 Å². The topological polar surface area (TPSA) is 15.3 Å². The van der Waals surface area contributed by atoms with Gasteiger partial charge in [0.05, 0.1) is 0 Å². The lowest BCUT2D eigenvalue weighted by molar-refractivity contribution is 0.199. The molecule has 0 aliphatic carbocycles. The van der Waals surface area contributed by atoms with Gasteiger partial charge in [0, 0.05) is 41.6 Å². The van der Waals surface area contributed by atoms with E-state index in [0.29, 0.717) is 11.5 Å². The molecule has 0 aromatic carbocycles. The Hall–Kier alpha value is 0.620. The Labute approximate surface area is 121 Å². The fraction of sp³-hybridized carbons (Fsp3) is 1.00. The third-order valence-electron chi connectivity index (χ3n) is 3.87. The molecule has 18 heavy (non-hydrogen) atoms. The third-order valence-corrected chi connectivity index (χ3v) is 6.70. The van der Waals surface area contributed by atoms with E-state index in [2.05, 4.69) is 54.5 Å². The number of thioether (sulfide) groups is 2. The van der Waals surface area contributed by atoms with Crippen molar-refractivity contribution in [2.75, 3.05) is 43.4 Å². The molecule has 0 amide bonds. The van der Waals surface area contributed by atoms with Gasteiger partial charge in [0.25, 0.3) is 0 Å². The van der Waals surface area contributed by atoms with Crippen molar-refractivity contribution in [1.82, 2.24) is 10.2 Å². The van der Waals surface area contributed by atoms with Crippen molar-refractivity contribution >= 4 is 23.5 Å². The summed E-state index contributed by atoms with van der Waals surface area (Å²) in [6, 6.07) is 0.640. The number of rotatable bonds is 2. The van der Waals surface area contributed by atoms with Gasteiger partial charge in [-0.3, -0.25) is 0 Å². The minimum Gasteiger partial charge on any atom is -0.312 e. The number of hydrogen-bond acceptors (Lipinski definition) is 4. The van der Waals surface area contributed by atoms with Crippen LogP contribution in [-0.2, 0) is 0 Å². The fourth-order valence-corrected chi connectivity index (χ4v) is 5.38. The molecule has 2 fully saturated rings. The zero-order valence-corrected chi connectivity index (χ0v) is 13.7. The first-order chi connectivity index (χ1) is 8.55. The predicted molar refractivity (Wildman–Crippen MR) is 85.9 cm³/mol. The predicted octanol–water partition coefficient (Wildman–Crippen LogP) is 2.54. The molecule has 2 saturated heterocycles. The van der Waals surface area contributed by atoms with Crippen molar-refractivity contribution in [2.45, 2.75) is 38.5 Å². The Morgan fingerprint density at radius 1 is 1.28 bits per heavy atom. The highest BCUT2D eigenvalue weighted by Gasteiger charge is 2.29. The molecule has 0 radical (unpaired) electrons. The van der Waals surface area contributed by atoms with Crippen LogP contribution >= 0.6 is 23.5 Å². The second-order valence-corrected chi connectivity index (χ2v) is 9.11. The van der Waals surface area contributed by atoms with Crippen LogP contribution in [0.4, 0.5) is 0 Å². The number of nitrogens with zero attached hydrogens (tertiary/aromatic N) is 1. The summed E-state index contributed by atoms with van der Waals surface area (Å²) in [5.41, 5.74) is 0.372. The molecule has 2 atom stereocenters. The van der Waals surface area contributed by atoms with Gasteiger partial charge < -0.3 is 10.2 Å². The molecule has 0 spiro atoms. The first kappa shape index (κ1) is 15.0. The van der Waals surface area contributed by atoms with E-state index < -0.39 is 0 Å². The van der Waals surface area contributed by atoms with Crippen molar-refractivity contribution in [1.29, 1.82) is 0 Å². The molecule has 2 nitrogen and oxygen atoms in total. The molecular weight excluding hydrogens is 260 g/mol. The zero-order valence-electron chi connectivity index (χ0n) is 12.1. The minimum absolute atomic E-state index is 0.372. The van der Waals surface area contributed by atoms with Crippen LogP contribution in [0.2, 0.25) is 0 Å². The van der Waals surface area contributed by atoms with E-state index in [-0.39, 0.29) is 0 Å². The lowest BCUT2D eigenvalue weighted by Crippen LogP contribution is -2.47. The highest BCUT2D eigenvalue weighted by molar-refractivity contribution is 8.06. The van der Waals surface area contributed by atoms with Gasteiger partial charge in [0.1, 0.15) is 0 Å². The smallest absolute Gasteiger partial charge is 0.0265 e. The summed E-state index contributed by atoms with van der Waals surface area (Å²) in [4.78, 5) is 2.71. The maximum Gasteiger partial charge on any atom is 0.0265 e. The Bertz CT molecular complexity index is 247. The van der Waals surface area contributed by atoms with Crippen molar-refractivity contribution in [3.05, 3.63) is 0 Å². The summed E-state index contributed by atoms with van der Waals surface area (Å²) in [5.74, 6) is 4.06. The molecule has 2 aliphatic heterocycles. The molecule has 106 valence electrons. The molecule has 1 N–H and O–H groups in total. The van der Waals surface area contributed by atoms with Crippen molar-refractivity contribution in [3.63, 3.8) is 0 Å². The Morgan fingerprint density at radius 3 is 2.78 bits per heavy atom. The Kier molecular flexibility index (Phi) is 5.73. The molecule has 0 aromatic rings. The normalized spacial score (nSPS) is 32.2. The Morgan fingerprint density at radius 2 is 2.11 bits per heavy atom. The number of nitrogens with one attached hydrogen (secondary N) is 1. The molecule has 2 rings (SSSR count). The highest BCUT2D eigenvalue weighted by Crippen LogP contribution is 2.26. The van der Waals surface area contributed by atoms with Crippen molar-refractivity contribution < 1.29 is 0 Å². The SMILES string of the molecule is CC(C)(C)C1CN(CC2CSCCS2)CCCN1. The van der Waals surface area contributed by atoms with Gasteiger partial charge in [-0.1, -0.05) is 20.8 Å². The van der Waals surface area contributed by atoms with Gasteiger partial charge in [-0.25, -0.2) is 0 Å². The third kappa shape index (κ3) is 4.62. The molecule has 2 heterocycles. The van der Waals surface area contributed by atoms with Gasteiger partial charge in [-0.2, -0.15) is 23.5 Å². The van der Waals surface area contributed by atoms with Crippen LogP contribution in [0.25, 0.3) is 0 Å². The van der Waals surface area contributed by atoms with Crippen molar-refractivity contribution in [2.24, 2.45) is 5.41 Å². The average Bonchev–Trinajstić information content (AvgIpc) is 2.55. The quantitative estimate of drug-likeness (QED) is 0.839. The largest absolute Gasteiger partial charge is 0.312 e. The lowest BCUT2D eigenvalue weighted by Gasteiger charge is -2.35. The second kappa shape index (κ2) is 6.87. The second-order valence-electron chi connectivity index (χ2n) is 6.55. The summed E-state index contributed by atoms with van der Waals surface area (Å²) >= 11 is 4.33. The monoisotopic (exact) mass is 288 g/mol. The van der Waals surface area contributed by atoms with E-state index in [9.17, 15) is 0 Å². The van der Waals surface area contributed by atoms with Gasteiger partial charge in [-0.15, -0.1) is 0 Å². The van der Waals surface area contributed by atoms with Crippen LogP contribution in [0, 0.1) is 5.41 Å². The Balaban J connectivity index is 1.86. The summed E-state index contributed by atoms with van der Waals surface area (Å²) < 4.78 is 0. The van der Waals surface area contributed by atoms with Crippen LogP contribution in [0.1, 0.15) is 27.2 Å². The van der Waals surface area contributed by atoms with E-state index in [0.717, 1.165) is 5.25 Å². The highest BCUT2D eigenvalue weighted by atomic mass is 32.2. The molecule has 2 aliphatic rings. The lowest BCUT2D eigenvalue weighted by atomic mass is 9.86. The van der Waals surface area contributed by atoms with Gasteiger partial charge in [0.2, 0.25) is 0 Å². The molecular formula is C14H28N2S2. The molecule has 2 unspecified atom stereocenters. The summed E-state index contributed by atoms with van der Waals surface area (Å²) in [7, 11) is 0. The van der Waals surface area contributed by atoms with Gasteiger partial charge >= 0.3 is 0 Å². The minimum atomic E-state index is 0.372.